The van der Waals surface area contributed by atoms with Crippen LogP contribution in [0.25, 0.3) is 11.1 Å². The summed E-state index contributed by atoms with van der Waals surface area (Å²) in [7, 11) is 0. The first-order valence-corrected chi connectivity index (χ1v) is 11.7. The van der Waals surface area contributed by atoms with Crippen molar-refractivity contribution in [3.63, 3.8) is 0 Å². The molecule has 0 bridgehead atoms. The van der Waals surface area contributed by atoms with E-state index in [0.29, 0.717) is 29.5 Å². The second-order valence-electron chi connectivity index (χ2n) is 7.72. The number of rotatable bonds is 8. The number of anilines is 1. The van der Waals surface area contributed by atoms with Crippen LogP contribution < -0.4 is 5.32 Å². The van der Waals surface area contributed by atoms with Gasteiger partial charge in [-0.3, -0.25) is 4.79 Å². The molecule has 2 aromatic rings. The Balaban J connectivity index is 1.75. The molecule has 0 aliphatic heterocycles. The molecule has 0 saturated heterocycles. The molecule has 0 spiro atoms. The van der Waals surface area contributed by atoms with E-state index >= 15 is 0 Å². The van der Waals surface area contributed by atoms with Crippen molar-refractivity contribution in [3.8, 4) is 11.1 Å². The second-order valence-corrected chi connectivity index (χ2v) is 8.59. The van der Waals surface area contributed by atoms with E-state index in [1.54, 1.807) is 6.92 Å². The minimum atomic E-state index is -0.383. The van der Waals surface area contributed by atoms with Crippen LogP contribution in [0.3, 0.4) is 0 Å². The Morgan fingerprint density at radius 2 is 1.83 bits per heavy atom. The Kier molecular flexibility index (Phi) is 7.87. The van der Waals surface area contributed by atoms with Gasteiger partial charge in [-0.25, -0.2) is 4.79 Å². The quantitative estimate of drug-likeness (QED) is 0.506. The summed E-state index contributed by atoms with van der Waals surface area (Å²) in [5.74, 6) is 0.261. The zero-order valence-electron chi connectivity index (χ0n) is 17.5. The largest absolute Gasteiger partial charge is 0.462 e. The monoisotopic (exact) mass is 413 g/mol. The third kappa shape index (κ3) is 5.69. The van der Waals surface area contributed by atoms with E-state index in [2.05, 4.69) is 24.4 Å². The number of amides is 1. The molecule has 0 unspecified atom stereocenters. The fraction of sp³-hybridized carbons (Fsp3) is 0.500. The molecular weight excluding hydrogens is 382 g/mol. The average Bonchev–Trinajstić information content (AvgIpc) is 3.16. The topological polar surface area (TPSA) is 55.4 Å². The number of carbonyl (C=O) groups is 2. The number of hydrogen-bond acceptors (Lipinski definition) is 4. The number of ether oxygens (including phenoxy) is 1. The standard InChI is InChI=1S/C24H31NO3S/c1-3-17-10-13-19(14-11-17)20-16-29-23(22(20)24(27)28-4-2)25-21(26)15-12-18-8-6-5-7-9-18/h10-11,13-14,16,18H,3-9,12,15H2,1-2H3,(H,25,26). The Morgan fingerprint density at radius 1 is 1.10 bits per heavy atom. The number of hydrogen-bond donors (Lipinski definition) is 1. The van der Waals surface area contributed by atoms with Crippen molar-refractivity contribution in [1.82, 2.24) is 0 Å². The van der Waals surface area contributed by atoms with E-state index in [4.69, 9.17) is 4.74 Å². The lowest BCUT2D eigenvalue weighted by molar-refractivity contribution is -0.116. The number of carbonyl (C=O) groups excluding carboxylic acids is 2. The van der Waals surface area contributed by atoms with Gasteiger partial charge in [-0.1, -0.05) is 63.3 Å². The molecule has 156 valence electrons. The van der Waals surface area contributed by atoms with Crippen LogP contribution in [0.5, 0.6) is 0 Å². The summed E-state index contributed by atoms with van der Waals surface area (Å²) in [6.45, 7) is 4.21. The molecule has 1 saturated carbocycles. The summed E-state index contributed by atoms with van der Waals surface area (Å²) in [5.41, 5.74) is 3.49. The fourth-order valence-corrected chi connectivity index (χ4v) is 4.96. The molecular formula is C24H31NO3S. The van der Waals surface area contributed by atoms with Crippen molar-refractivity contribution in [1.29, 1.82) is 0 Å². The minimum absolute atomic E-state index is 0.0177. The van der Waals surface area contributed by atoms with Crippen LogP contribution in [0.1, 0.15) is 74.7 Å². The van der Waals surface area contributed by atoms with Crippen LogP contribution in [0.2, 0.25) is 0 Å². The fourth-order valence-electron chi connectivity index (χ4n) is 3.99. The lowest BCUT2D eigenvalue weighted by Crippen LogP contribution is -2.16. The molecule has 1 aromatic carbocycles. The smallest absolute Gasteiger partial charge is 0.341 e. The number of benzene rings is 1. The molecule has 1 N–H and O–H groups in total. The Labute approximate surface area is 177 Å². The maximum atomic E-state index is 12.7. The second kappa shape index (κ2) is 10.6. The number of nitrogens with one attached hydrogen (secondary N) is 1. The SMILES string of the molecule is CCOC(=O)c1c(-c2ccc(CC)cc2)csc1NC(=O)CCC1CCCCC1. The van der Waals surface area contributed by atoms with Crippen molar-refractivity contribution < 1.29 is 14.3 Å². The maximum absolute atomic E-state index is 12.7. The lowest BCUT2D eigenvalue weighted by Gasteiger charge is -2.20. The summed E-state index contributed by atoms with van der Waals surface area (Å²) in [6.07, 6.45) is 8.76. The first kappa shape index (κ1) is 21.6. The molecule has 29 heavy (non-hydrogen) atoms. The molecule has 5 heteroatoms. The van der Waals surface area contributed by atoms with Crippen molar-refractivity contribution in [3.05, 3.63) is 40.8 Å². The molecule has 1 amide bonds. The van der Waals surface area contributed by atoms with Crippen LogP contribution in [-0.4, -0.2) is 18.5 Å². The van der Waals surface area contributed by atoms with E-state index in [1.807, 2.05) is 17.5 Å². The van der Waals surface area contributed by atoms with Crippen LogP contribution in [0.15, 0.2) is 29.6 Å². The summed E-state index contributed by atoms with van der Waals surface area (Å²) in [6, 6.07) is 8.20. The molecule has 1 aliphatic rings. The highest BCUT2D eigenvalue weighted by atomic mass is 32.1. The molecule has 1 aliphatic carbocycles. The van der Waals surface area contributed by atoms with Crippen LogP contribution in [-0.2, 0) is 16.0 Å². The number of esters is 1. The van der Waals surface area contributed by atoms with Crippen molar-refractivity contribution in [2.45, 2.75) is 65.2 Å². The van der Waals surface area contributed by atoms with Crippen LogP contribution in [0.4, 0.5) is 5.00 Å². The highest BCUT2D eigenvalue weighted by Gasteiger charge is 2.23. The predicted octanol–water partition coefficient (Wildman–Crippen LogP) is 6.45. The number of aryl methyl sites for hydroxylation is 1. The number of thiophene rings is 1. The Hall–Kier alpha value is -2.14. The van der Waals surface area contributed by atoms with Crippen molar-refractivity contribution >= 4 is 28.2 Å². The van der Waals surface area contributed by atoms with Gasteiger partial charge in [0.05, 0.1) is 6.61 Å². The van der Waals surface area contributed by atoms with Gasteiger partial charge in [-0.15, -0.1) is 11.3 Å². The molecule has 1 aromatic heterocycles. The van der Waals surface area contributed by atoms with Crippen LogP contribution >= 0.6 is 11.3 Å². The molecule has 3 rings (SSSR count). The van der Waals surface area contributed by atoms with E-state index in [9.17, 15) is 9.59 Å². The van der Waals surface area contributed by atoms with Gasteiger partial charge >= 0.3 is 5.97 Å². The van der Waals surface area contributed by atoms with Gasteiger partial charge in [0.25, 0.3) is 0 Å². The molecule has 1 heterocycles. The summed E-state index contributed by atoms with van der Waals surface area (Å²) in [4.78, 5) is 25.2. The Bertz CT molecular complexity index is 819. The lowest BCUT2D eigenvalue weighted by atomic mass is 9.86. The first-order valence-electron chi connectivity index (χ1n) is 10.8. The van der Waals surface area contributed by atoms with Gasteiger partial charge in [0, 0.05) is 17.4 Å². The Morgan fingerprint density at radius 3 is 2.48 bits per heavy atom. The average molecular weight is 414 g/mol. The molecule has 4 nitrogen and oxygen atoms in total. The van der Waals surface area contributed by atoms with Crippen LogP contribution in [0, 0.1) is 5.92 Å². The van der Waals surface area contributed by atoms with Gasteiger partial charge in [0.15, 0.2) is 0 Å². The van der Waals surface area contributed by atoms with E-state index in [1.165, 1.54) is 49.0 Å². The van der Waals surface area contributed by atoms with E-state index in [0.717, 1.165) is 24.0 Å². The third-order valence-electron chi connectivity index (χ3n) is 5.70. The first-order chi connectivity index (χ1) is 14.1. The zero-order valence-corrected chi connectivity index (χ0v) is 18.3. The third-order valence-corrected chi connectivity index (χ3v) is 6.60. The zero-order chi connectivity index (χ0) is 20.6. The van der Waals surface area contributed by atoms with E-state index in [-0.39, 0.29) is 11.9 Å². The van der Waals surface area contributed by atoms with Gasteiger partial charge in [0.2, 0.25) is 5.91 Å². The van der Waals surface area contributed by atoms with Crippen molar-refractivity contribution in [2.75, 3.05) is 11.9 Å². The maximum Gasteiger partial charge on any atom is 0.341 e. The highest BCUT2D eigenvalue weighted by Crippen LogP contribution is 2.37. The molecule has 1 fully saturated rings. The van der Waals surface area contributed by atoms with Gasteiger partial charge in [0.1, 0.15) is 10.6 Å². The highest BCUT2D eigenvalue weighted by molar-refractivity contribution is 7.15. The molecule has 0 atom stereocenters. The van der Waals surface area contributed by atoms with Gasteiger partial charge in [-0.2, -0.15) is 0 Å². The predicted molar refractivity (Wildman–Crippen MR) is 120 cm³/mol. The molecule has 0 radical (unpaired) electrons. The normalized spacial score (nSPS) is 14.6. The summed E-state index contributed by atoms with van der Waals surface area (Å²) in [5, 5.41) is 5.50. The van der Waals surface area contributed by atoms with Gasteiger partial charge < -0.3 is 10.1 Å². The van der Waals surface area contributed by atoms with E-state index < -0.39 is 0 Å². The van der Waals surface area contributed by atoms with Gasteiger partial charge in [-0.05, 0) is 36.8 Å². The van der Waals surface area contributed by atoms with Crippen molar-refractivity contribution in [2.24, 2.45) is 5.92 Å². The minimum Gasteiger partial charge on any atom is -0.462 e. The summed E-state index contributed by atoms with van der Waals surface area (Å²) < 4.78 is 5.29. The summed E-state index contributed by atoms with van der Waals surface area (Å²) >= 11 is 1.39.